The maximum atomic E-state index is 13.3. The van der Waals surface area contributed by atoms with Crippen LogP contribution in [-0.4, -0.2) is 28.2 Å². The normalized spacial score (nSPS) is 13.5. The summed E-state index contributed by atoms with van der Waals surface area (Å²) in [5, 5.41) is -0.169. The highest BCUT2D eigenvalue weighted by molar-refractivity contribution is 7.99. The van der Waals surface area contributed by atoms with Crippen LogP contribution in [0.15, 0.2) is 50.6 Å². The quantitative estimate of drug-likeness (QED) is 0.381. The van der Waals surface area contributed by atoms with Crippen molar-refractivity contribution in [3.8, 4) is 0 Å². The Balaban J connectivity index is 2.61. The molecule has 0 heterocycles. The summed E-state index contributed by atoms with van der Waals surface area (Å²) >= 11 is 7.19. The van der Waals surface area contributed by atoms with Gasteiger partial charge in [-0.25, -0.2) is 9.00 Å². The van der Waals surface area contributed by atoms with Gasteiger partial charge in [0.05, 0.1) is 28.0 Å². The van der Waals surface area contributed by atoms with Gasteiger partial charge in [-0.05, 0) is 45.0 Å². The van der Waals surface area contributed by atoms with E-state index in [-0.39, 0.29) is 21.0 Å². The van der Waals surface area contributed by atoms with Crippen LogP contribution in [0.2, 0.25) is 5.02 Å². The Kier molecular flexibility index (Phi) is 7.76. The van der Waals surface area contributed by atoms with Crippen LogP contribution in [0.5, 0.6) is 0 Å². The predicted octanol–water partition coefficient (Wildman–Crippen LogP) is 6.18. The summed E-state index contributed by atoms with van der Waals surface area (Å²) in [4.78, 5) is 12.7. The minimum atomic E-state index is -4.62. The molecule has 0 radical (unpaired) electrons. The van der Waals surface area contributed by atoms with Crippen LogP contribution in [0.1, 0.15) is 42.3 Å². The van der Waals surface area contributed by atoms with Crippen molar-refractivity contribution in [2.45, 2.75) is 41.5 Å². The largest absolute Gasteiger partial charge is 0.465 e. The highest BCUT2D eigenvalue weighted by Gasteiger charge is 2.32. The molecule has 0 aromatic heterocycles. The third-order valence-corrected chi connectivity index (χ3v) is 6.71. The first-order chi connectivity index (χ1) is 13.8. The van der Waals surface area contributed by atoms with Crippen molar-refractivity contribution in [1.82, 2.24) is 0 Å². The van der Waals surface area contributed by atoms with Crippen molar-refractivity contribution in [2.75, 3.05) is 7.11 Å². The van der Waals surface area contributed by atoms with Gasteiger partial charge in [-0.15, -0.1) is 0 Å². The third kappa shape index (κ3) is 6.09. The summed E-state index contributed by atoms with van der Waals surface area (Å²) in [6.07, 6.45) is -3.51. The molecular weight excluding hydrogens is 459 g/mol. The topological polar surface area (TPSA) is 55.7 Å². The Morgan fingerprint density at radius 1 is 1.20 bits per heavy atom. The fraction of sp³-hybridized carbons (Fsp3) is 0.300. The predicted molar refractivity (Wildman–Crippen MR) is 114 cm³/mol. The van der Waals surface area contributed by atoms with Gasteiger partial charge in [0.2, 0.25) is 0 Å². The minimum absolute atomic E-state index is 0.0390. The van der Waals surface area contributed by atoms with E-state index >= 15 is 0 Å². The van der Waals surface area contributed by atoms with Crippen LogP contribution in [-0.2, 0) is 21.9 Å². The Morgan fingerprint density at radius 3 is 2.40 bits per heavy atom. The van der Waals surface area contributed by atoms with Gasteiger partial charge >= 0.3 is 12.1 Å². The van der Waals surface area contributed by atoms with E-state index in [1.54, 1.807) is 39.0 Å². The first-order valence-corrected chi connectivity index (χ1v) is 10.9. The molecule has 0 fully saturated rings. The second-order valence-corrected chi connectivity index (χ2v) is 10.5. The van der Waals surface area contributed by atoms with Gasteiger partial charge in [0.1, 0.15) is 11.0 Å². The molecule has 0 saturated carbocycles. The van der Waals surface area contributed by atoms with Crippen molar-refractivity contribution >= 4 is 46.5 Å². The number of carbonyl (C=O) groups is 1. The van der Waals surface area contributed by atoms with Crippen molar-refractivity contribution in [3.05, 3.63) is 58.1 Å². The number of alkyl halides is 3. The molecule has 2 aromatic carbocycles. The summed E-state index contributed by atoms with van der Waals surface area (Å²) in [6.45, 7) is 5.09. The summed E-state index contributed by atoms with van der Waals surface area (Å²) in [5.74, 6) is -0.592. The molecule has 1 atom stereocenters. The zero-order valence-corrected chi connectivity index (χ0v) is 18.9. The lowest BCUT2D eigenvalue weighted by atomic mass is 10.1. The van der Waals surface area contributed by atoms with Gasteiger partial charge < -0.3 is 4.74 Å². The number of nitrogens with zero attached hydrogens (tertiary/aromatic N) is 1. The highest BCUT2D eigenvalue weighted by atomic mass is 35.5. The van der Waals surface area contributed by atoms with E-state index in [0.717, 1.165) is 30.1 Å². The molecule has 0 amide bonds. The number of esters is 1. The number of benzene rings is 2. The second kappa shape index (κ2) is 9.53. The van der Waals surface area contributed by atoms with Crippen LogP contribution < -0.4 is 0 Å². The standard InChI is InChI=1S/C20H19ClF3NO3S2/c1-19(2,3)30(27)25-11-12-9-13(20(22,23)24)10-15(21)17(12)29-16-8-6-5-7-14(16)18(26)28-4/h5-11H,1-4H3. The Labute approximate surface area is 184 Å². The maximum absolute atomic E-state index is 13.3. The highest BCUT2D eigenvalue weighted by Crippen LogP contribution is 2.41. The van der Waals surface area contributed by atoms with E-state index in [1.807, 2.05) is 0 Å². The van der Waals surface area contributed by atoms with E-state index in [2.05, 4.69) is 4.40 Å². The number of halogens is 4. The van der Waals surface area contributed by atoms with Gasteiger partial charge in [-0.2, -0.15) is 17.6 Å². The summed E-state index contributed by atoms with van der Waals surface area (Å²) in [5.41, 5.74) is -0.680. The lowest BCUT2D eigenvalue weighted by Gasteiger charge is -2.15. The zero-order valence-electron chi connectivity index (χ0n) is 16.5. The third-order valence-electron chi connectivity index (χ3n) is 3.72. The van der Waals surface area contributed by atoms with Gasteiger partial charge in [0.25, 0.3) is 0 Å². The smallest absolute Gasteiger partial charge is 0.416 e. The Bertz CT molecular complexity index is 1000. The van der Waals surface area contributed by atoms with Crippen molar-refractivity contribution in [2.24, 2.45) is 4.40 Å². The van der Waals surface area contributed by atoms with Gasteiger partial charge in [-0.3, -0.25) is 0 Å². The Morgan fingerprint density at radius 2 is 1.83 bits per heavy atom. The number of hydrogen-bond donors (Lipinski definition) is 0. The summed E-state index contributed by atoms with van der Waals surface area (Å²) in [7, 11) is -0.447. The number of methoxy groups -OCH3 is 1. The van der Waals surface area contributed by atoms with Gasteiger partial charge in [-0.1, -0.05) is 35.5 Å². The summed E-state index contributed by atoms with van der Waals surface area (Å²) < 4.78 is 60.1. The van der Waals surface area contributed by atoms with E-state index < -0.39 is 33.4 Å². The SMILES string of the molecule is COC(=O)c1ccccc1Sc1c(Cl)cc(C(F)(F)F)cc1C=NS(=O)C(C)(C)C. The van der Waals surface area contributed by atoms with Gasteiger partial charge in [0.15, 0.2) is 0 Å². The molecule has 0 saturated heterocycles. The lowest BCUT2D eigenvalue weighted by Crippen LogP contribution is -2.19. The van der Waals surface area contributed by atoms with Crippen LogP contribution in [0.3, 0.4) is 0 Å². The number of hydrogen-bond acceptors (Lipinski definition) is 4. The lowest BCUT2D eigenvalue weighted by molar-refractivity contribution is -0.137. The van der Waals surface area contributed by atoms with Crippen LogP contribution >= 0.6 is 23.4 Å². The molecule has 4 nitrogen and oxygen atoms in total. The van der Waals surface area contributed by atoms with Crippen LogP contribution in [0, 0.1) is 0 Å². The maximum Gasteiger partial charge on any atom is 0.416 e. The van der Waals surface area contributed by atoms with E-state index in [1.165, 1.54) is 13.2 Å². The fourth-order valence-electron chi connectivity index (χ4n) is 2.19. The van der Waals surface area contributed by atoms with Crippen LogP contribution in [0.4, 0.5) is 13.2 Å². The van der Waals surface area contributed by atoms with E-state index in [0.29, 0.717) is 4.90 Å². The molecule has 0 N–H and O–H groups in total. The molecule has 0 bridgehead atoms. The number of carbonyl (C=O) groups excluding carboxylic acids is 1. The molecule has 162 valence electrons. The molecule has 0 spiro atoms. The number of rotatable bonds is 5. The number of ether oxygens (including phenoxy) is 1. The van der Waals surface area contributed by atoms with Crippen molar-refractivity contribution < 1.29 is 26.9 Å². The first-order valence-electron chi connectivity index (χ1n) is 8.56. The minimum Gasteiger partial charge on any atom is -0.465 e. The monoisotopic (exact) mass is 477 g/mol. The van der Waals surface area contributed by atoms with E-state index in [4.69, 9.17) is 16.3 Å². The Hall–Kier alpha value is -1.84. The van der Waals surface area contributed by atoms with Crippen molar-refractivity contribution in [1.29, 1.82) is 0 Å². The first kappa shape index (κ1) is 24.4. The van der Waals surface area contributed by atoms with E-state index in [9.17, 15) is 22.2 Å². The molecule has 0 aliphatic carbocycles. The molecule has 1 unspecified atom stereocenters. The summed E-state index contributed by atoms with van der Waals surface area (Å²) in [6, 6.07) is 8.17. The molecule has 2 rings (SSSR count). The molecule has 30 heavy (non-hydrogen) atoms. The molecule has 2 aromatic rings. The van der Waals surface area contributed by atoms with Crippen molar-refractivity contribution in [3.63, 3.8) is 0 Å². The molecule has 0 aliphatic rings. The van der Waals surface area contributed by atoms with Gasteiger partial charge in [0, 0.05) is 21.6 Å². The molecule has 10 heteroatoms. The fourth-order valence-corrected chi connectivity index (χ4v) is 4.07. The van der Waals surface area contributed by atoms with Crippen LogP contribution in [0.25, 0.3) is 0 Å². The zero-order chi connectivity index (χ0) is 22.7. The second-order valence-electron chi connectivity index (χ2n) is 7.06. The molecule has 0 aliphatic heterocycles. The average Bonchev–Trinajstić information content (AvgIpc) is 2.66. The average molecular weight is 478 g/mol. The molecular formula is C20H19ClF3NO3S2.